The lowest BCUT2D eigenvalue weighted by atomic mass is 10.0. The number of nitrogens with one attached hydrogen (secondary N) is 1. The molecule has 2 nitrogen and oxygen atoms in total. The van der Waals surface area contributed by atoms with E-state index in [1.807, 2.05) is 30.3 Å². The van der Waals surface area contributed by atoms with Gasteiger partial charge in [-0.3, -0.25) is 0 Å². The average molecular weight is 248 g/mol. The number of unbranched alkanes of at least 4 members (excludes halogenated alkanes) is 1. The van der Waals surface area contributed by atoms with Crippen LogP contribution in [0.15, 0.2) is 30.3 Å². The van der Waals surface area contributed by atoms with Crippen LogP contribution in [0, 0.1) is 0 Å². The minimum atomic E-state index is -0.275. The van der Waals surface area contributed by atoms with Crippen LogP contribution in [0.25, 0.3) is 0 Å². The molecule has 0 amide bonds. The highest BCUT2D eigenvalue weighted by molar-refractivity contribution is 5.16. The molecule has 1 aliphatic rings. The molecule has 18 heavy (non-hydrogen) atoms. The third kappa shape index (κ3) is 4.43. The lowest BCUT2D eigenvalue weighted by Crippen LogP contribution is -3.12. The van der Waals surface area contributed by atoms with E-state index in [0.717, 1.165) is 18.4 Å². The molecule has 1 saturated heterocycles. The van der Waals surface area contributed by atoms with E-state index in [1.165, 1.54) is 45.3 Å². The summed E-state index contributed by atoms with van der Waals surface area (Å²) in [5.41, 5.74) is 1.06. The van der Waals surface area contributed by atoms with Gasteiger partial charge in [0.1, 0.15) is 0 Å². The van der Waals surface area contributed by atoms with Crippen molar-refractivity contribution in [2.45, 2.75) is 44.6 Å². The predicted molar refractivity (Wildman–Crippen MR) is 74.7 cm³/mol. The van der Waals surface area contributed by atoms with Crippen LogP contribution in [0.1, 0.15) is 50.2 Å². The van der Waals surface area contributed by atoms with E-state index < -0.39 is 0 Å². The van der Waals surface area contributed by atoms with Crippen LogP contribution in [0.2, 0.25) is 0 Å². The van der Waals surface area contributed by atoms with Crippen molar-refractivity contribution in [3.63, 3.8) is 0 Å². The molecular formula is C16H26NO+. The smallest absolute Gasteiger partial charge is 0.0790 e. The molecule has 1 aromatic carbocycles. The highest BCUT2D eigenvalue weighted by atomic mass is 16.3. The standard InChI is InChI=1S/C16H25NO/c18-16(15-9-3-1-4-10-15)11-5-8-14-17-12-6-2-7-13-17/h1,3-4,9-10,16,18H,2,5-8,11-14H2/p+1. The molecule has 0 radical (unpaired) electrons. The molecule has 1 aliphatic heterocycles. The van der Waals surface area contributed by atoms with Gasteiger partial charge in [-0.15, -0.1) is 0 Å². The van der Waals surface area contributed by atoms with Crippen molar-refractivity contribution in [1.82, 2.24) is 0 Å². The van der Waals surface area contributed by atoms with Crippen LogP contribution in [-0.2, 0) is 0 Å². The second-order valence-corrected chi connectivity index (χ2v) is 5.48. The largest absolute Gasteiger partial charge is 0.388 e. The SMILES string of the molecule is OC(CCCC[NH+]1CCCCC1)c1ccccc1. The van der Waals surface area contributed by atoms with Crippen LogP contribution in [0.4, 0.5) is 0 Å². The number of benzene rings is 1. The molecular weight excluding hydrogens is 222 g/mol. The molecule has 0 saturated carbocycles. The molecule has 100 valence electrons. The molecule has 0 aliphatic carbocycles. The van der Waals surface area contributed by atoms with Gasteiger partial charge in [-0.05, 0) is 44.1 Å². The highest BCUT2D eigenvalue weighted by Gasteiger charge is 2.13. The Morgan fingerprint density at radius 1 is 1.00 bits per heavy atom. The van der Waals surface area contributed by atoms with Crippen molar-refractivity contribution in [3.8, 4) is 0 Å². The third-order valence-corrected chi connectivity index (χ3v) is 4.00. The zero-order valence-electron chi connectivity index (χ0n) is 11.3. The Labute approximate surface area is 111 Å². The Bertz CT molecular complexity index is 319. The number of piperidine rings is 1. The quantitative estimate of drug-likeness (QED) is 0.739. The number of quaternary nitrogens is 1. The van der Waals surface area contributed by atoms with Gasteiger partial charge in [-0.2, -0.15) is 0 Å². The van der Waals surface area contributed by atoms with E-state index in [-0.39, 0.29) is 6.10 Å². The topological polar surface area (TPSA) is 24.7 Å². The van der Waals surface area contributed by atoms with Crippen molar-refractivity contribution >= 4 is 0 Å². The van der Waals surface area contributed by atoms with Crippen LogP contribution in [0.5, 0.6) is 0 Å². The highest BCUT2D eigenvalue weighted by Crippen LogP contribution is 2.18. The zero-order valence-corrected chi connectivity index (χ0v) is 11.3. The lowest BCUT2D eigenvalue weighted by Gasteiger charge is -2.23. The molecule has 2 rings (SSSR count). The minimum Gasteiger partial charge on any atom is -0.388 e. The molecule has 1 heterocycles. The van der Waals surface area contributed by atoms with E-state index in [4.69, 9.17) is 0 Å². The van der Waals surface area contributed by atoms with E-state index in [0.29, 0.717) is 0 Å². The predicted octanol–water partition coefficient (Wildman–Crippen LogP) is 1.96. The summed E-state index contributed by atoms with van der Waals surface area (Å²) in [7, 11) is 0. The molecule has 1 unspecified atom stereocenters. The number of aliphatic hydroxyl groups excluding tert-OH is 1. The summed E-state index contributed by atoms with van der Waals surface area (Å²) in [6, 6.07) is 10.0. The first kappa shape index (κ1) is 13.6. The van der Waals surface area contributed by atoms with E-state index in [2.05, 4.69) is 0 Å². The minimum absolute atomic E-state index is 0.275. The van der Waals surface area contributed by atoms with Gasteiger partial charge >= 0.3 is 0 Å². The van der Waals surface area contributed by atoms with Gasteiger partial charge in [-0.25, -0.2) is 0 Å². The molecule has 1 aromatic rings. The fraction of sp³-hybridized carbons (Fsp3) is 0.625. The normalized spacial score (nSPS) is 18.7. The van der Waals surface area contributed by atoms with E-state index in [9.17, 15) is 5.11 Å². The van der Waals surface area contributed by atoms with Crippen molar-refractivity contribution in [2.24, 2.45) is 0 Å². The van der Waals surface area contributed by atoms with Gasteiger partial charge in [0.2, 0.25) is 0 Å². The summed E-state index contributed by atoms with van der Waals surface area (Å²) in [5, 5.41) is 10.1. The monoisotopic (exact) mass is 248 g/mol. The second-order valence-electron chi connectivity index (χ2n) is 5.48. The maximum absolute atomic E-state index is 10.1. The van der Waals surface area contributed by atoms with E-state index in [1.54, 1.807) is 4.90 Å². The average Bonchev–Trinajstić information content (AvgIpc) is 2.45. The maximum atomic E-state index is 10.1. The number of likely N-dealkylation sites (tertiary alicyclic amines) is 1. The Morgan fingerprint density at radius 3 is 2.44 bits per heavy atom. The number of aliphatic hydroxyl groups is 1. The molecule has 1 atom stereocenters. The van der Waals surface area contributed by atoms with Gasteiger partial charge in [0.25, 0.3) is 0 Å². The van der Waals surface area contributed by atoms with Gasteiger partial charge in [0.05, 0.1) is 25.7 Å². The number of rotatable bonds is 6. The van der Waals surface area contributed by atoms with Gasteiger partial charge < -0.3 is 10.0 Å². The molecule has 0 aromatic heterocycles. The van der Waals surface area contributed by atoms with Crippen LogP contribution in [0.3, 0.4) is 0 Å². The molecule has 2 N–H and O–H groups in total. The van der Waals surface area contributed by atoms with Gasteiger partial charge in [0.15, 0.2) is 0 Å². The molecule has 0 spiro atoms. The summed E-state index contributed by atoms with van der Waals surface area (Å²) in [4.78, 5) is 1.77. The Hall–Kier alpha value is -0.860. The lowest BCUT2D eigenvalue weighted by molar-refractivity contribution is -0.905. The molecule has 2 heteroatoms. The first-order valence-corrected chi connectivity index (χ1v) is 7.43. The van der Waals surface area contributed by atoms with Crippen molar-refractivity contribution in [3.05, 3.63) is 35.9 Å². The summed E-state index contributed by atoms with van der Waals surface area (Å²) in [5.74, 6) is 0. The summed E-state index contributed by atoms with van der Waals surface area (Å²) < 4.78 is 0. The van der Waals surface area contributed by atoms with Crippen molar-refractivity contribution < 1.29 is 10.0 Å². The Kier molecular flexibility index (Phi) is 5.69. The second kappa shape index (κ2) is 7.55. The Morgan fingerprint density at radius 2 is 1.72 bits per heavy atom. The van der Waals surface area contributed by atoms with Crippen LogP contribution < -0.4 is 4.90 Å². The Balaban J connectivity index is 1.60. The third-order valence-electron chi connectivity index (χ3n) is 4.00. The summed E-state index contributed by atoms with van der Waals surface area (Å²) in [6.07, 6.45) is 7.25. The van der Waals surface area contributed by atoms with Crippen LogP contribution in [-0.4, -0.2) is 24.7 Å². The van der Waals surface area contributed by atoms with Crippen molar-refractivity contribution in [1.29, 1.82) is 0 Å². The molecule has 0 bridgehead atoms. The molecule has 1 fully saturated rings. The fourth-order valence-electron chi connectivity index (χ4n) is 2.86. The van der Waals surface area contributed by atoms with Crippen LogP contribution >= 0.6 is 0 Å². The summed E-state index contributed by atoms with van der Waals surface area (Å²) >= 11 is 0. The van der Waals surface area contributed by atoms with Gasteiger partial charge in [0, 0.05) is 0 Å². The number of hydrogen-bond acceptors (Lipinski definition) is 1. The van der Waals surface area contributed by atoms with E-state index >= 15 is 0 Å². The zero-order chi connectivity index (χ0) is 12.6. The maximum Gasteiger partial charge on any atom is 0.0790 e. The van der Waals surface area contributed by atoms with Gasteiger partial charge in [-0.1, -0.05) is 30.3 Å². The fourth-order valence-corrected chi connectivity index (χ4v) is 2.86. The first-order chi connectivity index (χ1) is 8.86. The number of hydrogen-bond donors (Lipinski definition) is 2. The van der Waals surface area contributed by atoms with Crippen molar-refractivity contribution in [2.75, 3.05) is 19.6 Å². The first-order valence-electron chi connectivity index (χ1n) is 7.43. The summed E-state index contributed by atoms with van der Waals surface area (Å²) in [6.45, 7) is 4.02.